The number of halogens is 1. The van der Waals surface area contributed by atoms with Gasteiger partial charge in [-0.05, 0) is 30.7 Å². The van der Waals surface area contributed by atoms with Crippen LogP contribution in [-0.4, -0.2) is 14.2 Å². The van der Waals surface area contributed by atoms with E-state index in [-0.39, 0.29) is 0 Å². The van der Waals surface area contributed by atoms with Crippen molar-refractivity contribution >= 4 is 27.3 Å². The molecule has 0 aliphatic rings. The van der Waals surface area contributed by atoms with Crippen LogP contribution in [0.2, 0.25) is 0 Å². The molecule has 0 N–H and O–H groups in total. The van der Waals surface area contributed by atoms with Crippen LogP contribution in [0.1, 0.15) is 11.1 Å². The smallest absolute Gasteiger partial charge is 0.142 e. The lowest BCUT2D eigenvalue weighted by Crippen LogP contribution is -2.12. The Kier molecular flexibility index (Phi) is 4.48. The standard InChI is InChI=1S/C16H18BrNO/c1-12-8-9-14(13(10-12)11-17)18(2)15-6-4-5-7-16(15)19-3/h4-10H,11H2,1-3H3. The van der Waals surface area contributed by atoms with Crippen molar-refractivity contribution in [2.75, 3.05) is 19.1 Å². The van der Waals surface area contributed by atoms with Crippen LogP contribution < -0.4 is 9.64 Å². The van der Waals surface area contributed by atoms with E-state index < -0.39 is 0 Å². The molecule has 0 heterocycles. The molecule has 3 heteroatoms. The fraction of sp³-hybridized carbons (Fsp3) is 0.250. The van der Waals surface area contributed by atoms with Gasteiger partial charge in [0.2, 0.25) is 0 Å². The van der Waals surface area contributed by atoms with Crippen molar-refractivity contribution in [1.82, 2.24) is 0 Å². The first-order valence-corrected chi connectivity index (χ1v) is 7.31. The number of rotatable bonds is 4. The van der Waals surface area contributed by atoms with Gasteiger partial charge in [-0.25, -0.2) is 0 Å². The van der Waals surface area contributed by atoms with Crippen LogP contribution in [0.25, 0.3) is 0 Å². The molecule has 0 spiro atoms. The summed E-state index contributed by atoms with van der Waals surface area (Å²) in [4.78, 5) is 2.16. The van der Waals surface area contributed by atoms with Crippen molar-refractivity contribution in [3.05, 3.63) is 53.6 Å². The van der Waals surface area contributed by atoms with Crippen LogP contribution >= 0.6 is 15.9 Å². The molecule has 2 aromatic rings. The molecule has 0 aliphatic heterocycles. The van der Waals surface area contributed by atoms with Crippen LogP contribution in [0.5, 0.6) is 5.75 Å². The van der Waals surface area contributed by atoms with Gasteiger partial charge in [-0.15, -0.1) is 0 Å². The van der Waals surface area contributed by atoms with Gasteiger partial charge in [-0.2, -0.15) is 0 Å². The average molecular weight is 320 g/mol. The van der Waals surface area contributed by atoms with E-state index in [1.165, 1.54) is 16.8 Å². The number of alkyl halides is 1. The molecule has 0 radical (unpaired) electrons. The van der Waals surface area contributed by atoms with E-state index in [1.54, 1.807) is 7.11 Å². The first kappa shape index (κ1) is 13.9. The van der Waals surface area contributed by atoms with Gasteiger partial charge in [0.15, 0.2) is 0 Å². The van der Waals surface area contributed by atoms with Gasteiger partial charge in [-0.1, -0.05) is 45.8 Å². The molecule has 0 atom stereocenters. The normalized spacial score (nSPS) is 10.3. The Labute approximate surface area is 123 Å². The van der Waals surface area contributed by atoms with Crippen molar-refractivity contribution in [2.45, 2.75) is 12.3 Å². The number of ether oxygens (including phenoxy) is 1. The predicted molar refractivity (Wildman–Crippen MR) is 84.9 cm³/mol. The number of aryl methyl sites for hydroxylation is 1. The lowest BCUT2D eigenvalue weighted by molar-refractivity contribution is 0.415. The Morgan fingerprint density at radius 1 is 1.11 bits per heavy atom. The van der Waals surface area contributed by atoms with E-state index in [1.807, 2.05) is 18.2 Å². The maximum atomic E-state index is 5.43. The summed E-state index contributed by atoms with van der Waals surface area (Å²) in [5.74, 6) is 0.881. The Morgan fingerprint density at radius 2 is 1.84 bits per heavy atom. The molecule has 0 fully saturated rings. The van der Waals surface area contributed by atoms with E-state index in [2.05, 4.69) is 59.1 Å². The maximum absolute atomic E-state index is 5.43. The molecular weight excluding hydrogens is 302 g/mol. The summed E-state index contributed by atoms with van der Waals surface area (Å²) < 4.78 is 5.43. The second kappa shape index (κ2) is 6.11. The summed E-state index contributed by atoms with van der Waals surface area (Å²) >= 11 is 3.56. The molecule has 0 saturated carbocycles. The minimum atomic E-state index is 0.837. The third-order valence-electron chi connectivity index (χ3n) is 3.19. The lowest BCUT2D eigenvalue weighted by Gasteiger charge is -2.24. The van der Waals surface area contributed by atoms with Crippen LogP contribution in [-0.2, 0) is 5.33 Å². The van der Waals surface area contributed by atoms with E-state index in [0.717, 1.165) is 16.8 Å². The first-order valence-electron chi connectivity index (χ1n) is 6.19. The van der Waals surface area contributed by atoms with Gasteiger partial charge in [0.05, 0.1) is 12.8 Å². The number of hydrogen-bond donors (Lipinski definition) is 0. The van der Waals surface area contributed by atoms with Gasteiger partial charge >= 0.3 is 0 Å². The highest BCUT2D eigenvalue weighted by molar-refractivity contribution is 9.08. The second-order valence-electron chi connectivity index (χ2n) is 4.50. The van der Waals surface area contributed by atoms with Gasteiger partial charge in [0, 0.05) is 18.1 Å². The Morgan fingerprint density at radius 3 is 2.53 bits per heavy atom. The van der Waals surface area contributed by atoms with Gasteiger partial charge < -0.3 is 9.64 Å². The molecular formula is C16H18BrNO. The maximum Gasteiger partial charge on any atom is 0.142 e. The molecule has 2 aromatic carbocycles. The molecule has 0 bridgehead atoms. The summed E-state index contributed by atoms with van der Waals surface area (Å²) in [5.41, 5.74) is 4.79. The van der Waals surface area contributed by atoms with Crippen molar-refractivity contribution in [1.29, 1.82) is 0 Å². The molecule has 19 heavy (non-hydrogen) atoms. The van der Waals surface area contributed by atoms with Crippen LogP contribution in [0.15, 0.2) is 42.5 Å². The van der Waals surface area contributed by atoms with Crippen molar-refractivity contribution < 1.29 is 4.74 Å². The number of para-hydroxylation sites is 2. The highest BCUT2D eigenvalue weighted by atomic mass is 79.9. The number of benzene rings is 2. The Balaban J connectivity index is 2.46. The molecule has 0 aromatic heterocycles. The third-order valence-corrected chi connectivity index (χ3v) is 3.79. The zero-order valence-electron chi connectivity index (χ0n) is 11.5. The molecule has 100 valence electrons. The largest absolute Gasteiger partial charge is 0.495 e. The summed E-state index contributed by atoms with van der Waals surface area (Å²) in [6.07, 6.45) is 0. The summed E-state index contributed by atoms with van der Waals surface area (Å²) in [5, 5.41) is 0.837. The van der Waals surface area contributed by atoms with Crippen LogP contribution in [0, 0.1) is 6.92 Å². The molecule has 2 rings (SSSR count). The van der Waals surface area contributed by atoms with Crippen molar-refractivity contribution in [3.63, 3.8) is 0 Å². The van der Waals surface area contributed by atoms with Gasteiger partial charge in [0.25, 0.3) is 0 Å². The number of hydrogen-bond acceptors (Lipinski definition) is 2. The second-order valence-corrected chi connectivity index (χ2v) is 5.06. The van der Waals surface area contributed by atoms with Crippen molar-refractivity contribution in [3.8, 4) is 5.75 Å². The van der Waals surface area contributed by atoms with E-state index >= 15 is 0 Å². The number of anilines is 2. The summed E-state index contributed by atoms with van der Waals surface area (Å²) in [6.45, 7) is 2.11. The monoisotopic (exact) mass is 319 g/mol. The van der Waals surface area contributed by atoms with E-state index in [0.29, 0.717) is 0 Å². The molecule has 0 saturated heterocycles. The minimum absolute atomic E-state index is 0.837. The fourth-order valence-electron chi connectivity index (χ4n) is 2.19. The quantitative estimate of drug-likeness (QED) is 0.759. The first-order chi connectivity index (χ1) is 9.17. The fourth-order valence-corrected chi connectivity index (χ4v) is 2.63. The minimum Gasteiger partial charge on any atom is -0.495 e. The zero-order chi connectivity index (χ0) is 13.8. The highest BCUT2D eigenvalue weighted by Crippen LogP contribution is 2.34. The third kappa shape index (κ3) is 2.92. The van der Waals surface area contributed by atoms with Crippen LogP contribution in [0.3, 0.4) is 0 Å². The molecule has 0 unspecified atom stereocenters. The van der Waals surface area contributed by atoms with Crippen LogP contribution in [0.4, 0.5) is 11.4 Å². The average Bonchev–Trinajstić information content (AvgIpc) is 2.46. The summed E-state index contributed by atoms with van der Waals surface area (Å²) in [6, 6.07) is 14.5. The number of nitrogens with zero attached hydrogens (tertiary/aromatic N) is 1. The molecule has 0 amide bonds. The SMILES string of the molecule is COc1ccccc1N(C)c1ccc(C)cc1CBr. The van der Waals surface area contributed by atoms with Gasteiger partial charge in [0.1, 0.15) is 5.75 Å². The molecule has 2 nitrogen and oxygen atoms in total. The highest BCUT2D eigenvalue weighted by Gasteiger charge is 2.12. The van der Waals surface area contributed by atoms with Crippen molar-refractivity contribution in [2.24, 2.45) is 0 Å². The lowest BCUT2D eigenvalue weighted by atomic mass is 10.1. The summed E-state index contributed by atoms with van der Waals surface area (Å²) in [7, 11) is 3.77. The molecule has 0 aliphatic carbocycles. The Hall–Kier alpha value is -1.48. The zero-order valence-corrected chi connectivity index (χ0v) is 13.1. The topological polar surface area (TPSA) is 12.5 Å². The Bertz CT molecular complexity index is 568. The van der Waals surface area contributed by atoms with Gasteiger partial charge in [-0.3, -0.25) is 0 Å². The predicted octanol–water partition coefficient (Wildman–Crippen LogP) is 4.67. The van der Waals surface area contributed by atoms with E-state index in [9.17, 15) is 0 Å². The van der Waals surface area contributed by atoms with E-state index in [4.69, 9.17) is 4.74 Å². The number of methoxy groups -OCH3 is 1.